The van der Waals surface area contributed by atoms with Crippen molar-refractivity contribution in [1.29, 1.82) is 0 Å². The van der Waals surface area contributed by atoms with Gasteiger partial charge in [-0.1, -0.05) is 20.3 Å². The van der Waals surface area contributed by atoms with Gasteiger partial charge < -0.3 is 10.1 Å². The van der Waals surface area contributed by atoms with Crippen LogP contribution in [-0.2, 0) is 22.4 Å². The van der Waals surface area contributed by atoms with Crippen molar-refractivity contribution in [1.82, 2.24) is 10.6 Å². The molecule has 6 nitrogen and oxygen atoms in total. The number of thiophene rings is 1. The average Bonchev–Trinajstić information content (AvgIpc) is 3.00. The molecule has 0 aliphatic heterocycles. The van der Waals surface area contributed by atoms with E-state index >= 15 is 0 Å². The minimum absolute atomic E-state index is 0.460. The Balaban J connectivity index is 1.82. The lowest BCUT2D eigenvalue weighted by molar-refractivity contribution is -0.123. The Morgan fingerprint density at radius 2 is 2.12 bits per heavy atom. The van der Waals surface area contributed by atoms with E-state index in [1.807, 2.05) is 13.0 Å². The Kier molecular flexibility index (Phi) is 6.78. The molecule has 3 amide bonds. The number of rotatable bonds is 6. The number of amides is 3. The molecule has 24 heavy (non-hydrogen) atoms. The van der Waals surface area contributed by atoms with E-state index in [1.54, 1.807) is 0 Å². The standard InChI is InChI=1S/C17H24N2O4S/c1-3-7-18-17(22)19-15(20)10-23-16(21)14-9-12-8-11(4-2)5-6-13(12)24-14/h9,11H,3-8,10H2,1-2H3,(H2,18,19,20,22)/t11-/m1/s1. The molecule has 7 heteroatoms. The summed E-state index contributed by atoms with van der Waals surface area (Å²) in [5, 5.41) is 4.64. The highest BCUT2D eigenvalue weighted by Crippen LogP contribution is 2.33. The summed E-state index contributed by atoms with van der Waals surface area (Å²) < 4.78 is 5.01. The molecule has 0 bridgehead atoms. The maximum atomic E-state index is 12.1. The molecule has 2 rings (SSSR count). The van der Waals surface area contributed by atoms with Gasteiger partial charge in [0.1, 0.15) is 4.88 Å². The summed E-state index contributed by atoms with van der Waals surface area (Å²) in [6.07, 6.45) is 5.10. The SMILES string of the molecule is CCCNC(=O)NC(=O)COC(=O)c1cc2c(s1)CC[C@@H](CC)C2. The van der Waals surface area contributed by atoms with Gasteiger partial charge in [-0.15, -0.1) is 11.3 Å². The number of ether oxygens (including phenoxy) is 1. The molecule has 1 aliphatic rings. The first kappa shape index (κ1) is 18.4. The zero-order valence-corrected chi connectivity index (χ0v) is 15.0. The second-order valence-electron chi connectivity index (χ2n) is 5.96. The minimum atomic E-state index is -0.635. The molecule has 1 atom stereocenters. The first-order valence-electron chi connectivity index (χ1n) is 8.39. The predicted octanol–water partition coefficient (Wildman–Crippen LogP) is 2.66. The smallest absolute Gasteiger partial charge is 0.348 e. The van der Waals surface area contributed by atoms with Gasteiger partial charge in [0.25, 0.3) is 5.91 Å². The van der Waals surface area contributed by atoms with Gasteiger partial charge in [0.2, 0.25) is 0 Å². The van der Waals surface area contributed by atoms with E-state index < -0.39 is 24.5 Å². The molecule has 1 aromatic heterocycles. The number of esters is 1. The van der Waals surface area contributed by atoms with Crippen LogP contribution >= 0.6 is 11.3 Å². The molecule has 0 spiro atoms. The molecule has 1 heterocycles. The topological polar surface area (TPSA) is 84.5 Å². The largest absolute Gasteiger partial charge is 0.451 e. The van der Waals surface area contributed by atoms with Crippen LogP contribution in [0, 0.1) is 5.92 Å². The van der Waals surface area contributed by atoms with Crippen molar-refractivity contribution in [3.8, 4) is 0 Å². The average molecular weight is 352 g/mol. The van der Waals surface area contributed by atoms with Crippen LogP contribution in [0.25, 0.3) is 0 Å². The molecule has 2 N–H and O–H groups in total. The number of hydrogen-bond donors (Lipinski definition) is 2. The third kappa shape index (κ3) is 5.06. The van der Waals surface area contributed by atoms with Crippen molar-refractivity contribution in [2.75, 3.05) is 13.2 Å². The van der Waals surface area contributed by atoms with Crippen molar-refractivity contribution >= 4 is 29.2 Å². The van der Waals surface area contributed by atoms with Crippen LogP contribution in [0.5, 0.6) is 0 Å². The summed E-state index contributed by atoms with van der Waals surface area (Å²) in [6.45, 7) is 4.12. The van der Waals surface area contributed by atoms with E-state index in [9.17, 15) is 14.4 Å². The number of imide groups is 1. The molecular formula is C17H24N2O4S. The van der Waals surface area contributed by atoms with Gasteiger partial charge in [-0.05, 0) is 43.2 Å². The van der Waals surface area contributed by atoms with Gasteiger partial charge in [-0.2, -0.15) is 0 Å². The van der Waals surface area contributed by atoms with Crippen LogP contribution in [0.1, 0.15) is 53.2 Å². The Labute approximate surface area is 146 Å². The fourth-order valence-electron chi connectivity index (χ4n) is 2.70. The van der Waals surface area contributed by atoms with Gasteiger partial charge in [-0.25, -0.2) is 9.59 Å². The van der Waals surface area contributed by atoms with Crippen molar-refractivity contribution in [3.05, 3.63) is 21.4 Å². The van der Waals surface area contributed by atoms with Crippen LogP contribution in [0.3, 0.4) is 0 Å². The summed E-state index contributed by atoms with van der Waals surface area (Å²) in [4.78, 5) is 36.8. The van der Waals surface area contributed by atoms with E-state index in [1.165, 1.54) is 21.8 Å². The summed E-state index contributed by atoms with van der Waals surface area (Å²) >= 11 is 1.45. The summed E-state index contributed by atoms with van der Waals surface area (Å²) in [5.41, 5.74) is 1.23. The summed E-state index contributed by atoms with van der Waals surface area (Å²) in [5.74, 6) is -0.459. The third-order valence-electron chi connectivity index (χ3n) is 4.09. The Hall–Kier alpha value is -1.89. The zero-order chi connectivity index (χ0) is 17.5. The van der Waals surface area contributed by atoms with E-state index in [0.717, 1.165) is 32.1 Å². The van der Waals surface area contributed by atoms with Crippen molar-refractivity contribution < 1.29 is 19.1 Å². The molecular weight excluding hydrogens is 328 g/mol. The lowest BCUT2D eigenvalue weighted by atomic mass is 9.87. The molecule has 1 aromatic rings. The molecule has 0 radical (unpaired) electrons. The highest BCUT2D eigenvalue weighted by atomic mass is 32.1. The number of carbonyl (C=O) groups excluding carboxylic acids is 3. The fourth-order valence-corrected chi connectivity index (χ4v) is 3.80. The van der Waals surface area contributed by atoms with Crippen LogP contribution < -0.4 is 10.6 Å². The first-order chi connectivity index (χ1) is 11.5. The predicted molar refractivity (Wildman–Crippen MR) is 92.2 cm³/mol. The lowest BCUT2D eigenvalue weighted by Crippen LogP contribution is -2.41. The van der Waals surface area contributed by atoms with E-state index in [4.69, 9.17) is 4.74 Å². The quantitative estimate of drug-likeness (QED) is 0.771. The number of hydrogen-bond acceptors (Lipinski definition) is 5. The first-order valence-corrected chi connectivity index (χ1v) is 9.21. The number of aryl methyl sites for hydroxylation is 1. The molecule has 0 saturated carbocycles. The van der Waals surface area contributed by atoms with Gasteiger partial charge in [0.15, 0.2) is 6.61 Å². The van der Waals surface area contributed by atoms with Crippen molar-refractivity contribution in [3.63, 3.8) is 0 Å². The van der Waals surface area contributed by atoms with Crippen molar-refractivity contribution in [2.24, 2.45) is 5.92 Å². The highest BCUT2D eigenvalue weighted by molar-refractivity contribution is 7.14. The number of carbonyl (C=O) groups is 3. The molecule has 0 saturated heterocycles. The number of urea groups is 1. The summed E-state index contributed by atoms with van der Waals surface area (Å²) in [7, 11) is 0. The highest BCUT2D eigenvalue weighted by Gasteiger charge is 2.23. The zero-order valence-electron chi connectivity index (χ0n) is 14.1. The van der Waals surface area contributed by atoms with E-state index in [2.05, 4.69) is 17.6 Å². The van der Waals surface area contributed by atoms with Crippen LogP contribution in [0.15, 0.2) is 6.07 Å². The van der Waals surface area contributed by atoms with Crippen molar-refractivity contribution in [2.45, 2.75) is 46.0 Å². The Bertz CT molecular complexity index is 612. The monoisotopic (exact) mass is 352 g/mol. The molecule has 0 unspecified atom stereocenters. The Morgan fingerprint density at radius 1 is 1.33 bits per heavy atom. The van der Waals surface area contributed by atoms with Gasteiger partial charge in [0.05, 0.1) is 0 Å². The molecule has 1 aliphatic carbocycles. The normalized spacial score (nSPS) is 16.2. The van der Waals surface area contributed by atoms with E-state index in [-0.39, 0.29) is 0 Å². The molecule has 0 aromatic carbocycles. The lowest BCUT2D eigenvalue weighted by Gasteiger charge is -2.19. The molecule has 0 fully saturated rings. The second-order valence-corrected chi connectivity index (χ2v) is 7.09. The van der Waals surface area contributed by atoms with Crippen LogP contribution in [-0.4, -0.2) is 31.1 Å². The third-order valence-corrected chi connectivity index (χ3v) is 5.30. The van der Waals surface area contributed by atoms with Gasteiger partial charge >= 0.3 is 12.0 Å². The second kappa shape index (κ2) is 8.82. The number of fused-ring (bicyclic) bond motifs is 1. The van der Waals surface area contributed by atoms with Gasteiger partial charge in [-0.3, -0.25) is 10.1 Å². The van der Waals surface area contributed by atoms with Gasteiger partial charge in [0, 0.05) is 11.4 Å². The van der Waals surface area contributed by atoms with E-state index in [0.29, 0.717) is 17.3 Å². The summed E-state index contributed by atoms with van der Waals surface area (Å²) in [6, 6.07) is 1.31. The minimum Gasteiger partial charge on any atom is -0.451 e. The fraction of sp³-hybridized carbons (Fsp3) is 0.588. The molecule has 132 valence electrons. The van der Waals surface area contributed by atoms with Crippen LogP contribution in [0.4, 0.5) is 4.79 Å². The number of nitrogens with one attached hydrogen (secondary N) is 2. The van der Waals surface area contributed by atoms with Crippen LogP contribution in [0.2, 0.25) is 0 Å². The maximum Gasteiger partial charge on any atom is 0.348 e. The maximum absolute atomic E-state index is 12.1. The Morgan fingerprint density at radius 3 is 2.83 bits per heavy atom.